The molecular weight excluding hydrogens is 373 g/mol. The molecule has 0 aliphatic heterocycles. The number of rotatable bonds is 8. The van der Waals surface area contributed by atoms with Crippen molar-refractivity contribution in [3.8, 4) is 0 Å². The third-order valence-electron chi connectivity index (χ3n) is 5.48. The maximum absolute atomic E-state index is 14.3. The first-order chi connectivity index (χ1) is 13.8. The molecule has 1 aromatic heterocycles. The smallest absolute Gasteiger partial charge is 0.130 e. The van der Waals surface area contributed by atoms with Gasteiger partial charge in [-0.1, -0.05) is 32.0 Å². The van der Waals surface area contributed by atoms with Gasteiger partial charge in [0, 0.05) is 49.2 Å². The number of aromatic nitrogens is 1. The standard InChI is InChI=1S/C24H27F3N2/c1-17(2)18(3)29(15-20-8-11-22(26)13-24(20)27)16-23-5-4-12-28(23)14-19-6-9-21(25)10-7-19/h4-13,17-18H,14-16H2,1-3H3. The molecule has 0 N–H and O–H groups in total. The van der Waals surface area contributed by atoms with E-state index in [-0.39, 0.29) is 11.9 Å². The van der Waals surface area contributed by atoms with Crippen molar-refractivity contribution in [2.24, 2.45) is 5.92 Å². The second-order valence-corrected chi connectivity index (χ2v) is 7.88. The van der Waals surface area contributed by atoms with Crippen LogP contribution in [-0.2, 0) is 19.6 Å². The monoisotopic (exact) mass is 400 g/mol. The topological polar surface area (TPSA) is 8.17 Å². The molecular formula is C24H27F3N2. The first-order valence-corrected chi connectivity index (χ1v) is 9.90. The van der Waals surface area contributed by atoms with E-state index >= 15 is 0 Å². The van der Waals surface area contributed by atoms with Gasteiger partial charge in [-0.15, -0.1) is 0 Å². The van der Waals surface area contributed by atoms with Crippen LogP contribution >= 0.6 is 0 Å². The molecule has 2 aromatic carbocycles. The molecule has 3 rings (SSSR count). The summed E-state index contributed by atoms with van der Waals surface area (Å²) >= 11 is 0. The van der Waals surface area contributed by atoms with Gasteiger partial charge in [0.2, 0.25) is 0 Å². The summed E-state index contributed by atoms with van der Waals surface area (Å²) in [6.45, 7) is 8.06. The molecule has 0 saturated carbocycles. The molecule has 5 heteroatoms. The summed E-state index contributed by atoms with van der Waals surface area (Å²) in [6.07, 6.45) is 2.00. The van der Waals surface area contributed by atoms with E-state index in [4.69, 9.17) is 0 Å². The Kier molecular flexibility index (Phi) is 6.80. The van der Waals surface area contributed by atoms with Crippen LogP contribution < -0.4 is 0 Å². The average molecular weight is 400 g/mol. The van der Waals surface area contributed by atoms with Gasteiger partial charge in [0.05, 0.1) is 0 Å². The minimum atomic E-state index is -0.567. The molecule has 0 radical (unpaired) electrons. The van der Waals surface area contributed by atoms with Crippen molar-refractivity contribution in [3.63, 3.8) is 0 Å². The lowest BCUT2D eigenvalue weighted by Crippen LogP contribution is -2.36. The fraction of sp³-hybridized carbons (Fsp3) is 0.333. The van der Waals surface area contributed by atoms with E-state index in [1.807, 2.05) is 18.3 Å². The predicted octanol–water partition coefficient (Wildman–Crippen LogP) is 6.00. The van der Waals surface area contributed by atoms with E-state index in [1.165, 1.54) is 24.3 Å². The lowest BCUT2D eigenvalue weighted by atomic mass is 10.0. The fourth-order valence-electron chi connectivity index (χ4n) is 3.38. The van der Waals surface area contributed by atoms with Crippen molar-refractivity contribution < 1.29 is 13.2 Å². The van der Waals surface area contributed by atoms with Crippen molar-refractivity contribution >= 4 is 0 Å². The quantitative estimate of drug-likeness (QED) is 0.450. The van der Waals surface area contributed by atoms with Gasteiger partial charge >= 0.3 is 0 Å². The molecule has 1 atom stereocenters. The second kappa shape index (κ2) is 9.31. The average Bonchev–Trinajstić information content (AvgIpc) is 3.11. The molecule has 0 saturated heterocycles. The number of hydrogen-bond donors (Lipinski definition) is 0. The molecule has 1 heterocycles. The molecule has 154 valence electrons. The van der Waals surface area contributed by atoms with Gasteiger partial charge in [-0.05, 0) is 48.7 Å². The van der Waals surface area contributed by atoms with Crippen LogP contribution in [0, 0.1) is 23.4 Å². The number of halogens is 3. The van der Waals surface area contributed by atoms with Crippen LogP contribution in [0.3, 0.4) is 0 Å². The maximum Gasteiger partial charge on any atom is 0.130 e. The van der Waals surface area contributed by atoms with Crippen LogP contribution in [0.2, 0.25) is 0 Å². The third-order valence-corrected chi connectivity index (χ3v) is 5.48. The van der Waals surface area contributed by atoms with Gasteiger partial charge < -0.3 is 4.57 Å². The number of benzene rings is 2. The molecule has 0 aliphatic carbocycles. The Bertz CT molecular complexity index is 932. The lowest BCUT2D eigenvalue weighted by molar-refractivity contribution is 0.146. The van der Waals surface area contributed by atoms with Crippen molar-refractivity contribution in [1.29, 1.82) is 0 Å². The summed E-state index contributed by atoms with van der Waals surface area (Å²) in [6, 6.07) is 14.5. The zero-order valence-corrected chi connectivity index (χ0v) is 17.1. The van der Waals surface area contributed by atoms with E-state index in [2.05, 4.69) is 30.2 Å². The van der Waals surface area contributed by atoms with Crippen LogP contribution in [0.25, 0.3) is 0 Å². The SMILES string of the molecule is CC(C)C(C)N(Cc1ccc(F)cc1F)Cc1cccn1Cc1ccc(F)cc1. The largest absolute Gasteiger partial charge is 0.346 e. The van der Waals surface area contributed by atoms with E-state index in [0.717, 1.165) is 17.3 Å². The molecule has 3 aromatic rings. The van der Waals surface area contributed by atoms with Gasteiger partial charge in [0.1, 0.15) is 17.5 Å². The van der Waals surface area contributed by atoms with Crippen LogP contribution in [0.5, 0.6) is 0 Å². The Hall–Kier alpha value is -2.53. The van der Waals surface area contributed by atoms with E-state index < -0.39 is 11.6 Å². The van der Waals surface area contributed by atoms with E-state index in [9.17, 15) is 13.2 Å². The van der Waals surface area contributed by atoms with Crippen molar-refractivity contribution in [2.75, 3.05) is 0 Å². The second-order valence-electron chi connectivity index (χ2n) is 7.88. The van der Waals surface area contributed by atoms with Gasteiger partial charge in [-0.25, -0.2) is 13.2 Å². The Labute approximate surface area is 170 Å². The zero-order valence-electron chi connectivity index (χ0n) is 17.1. The van der Waals surface area contributed by atoms with Gasteiger partial charge in [0.15, 0.2) is 0 Å². The normalized spacial score (nSPS) is 12.7. The summed E-state index contributed by atoms with van der Waals surface area (Å²) in [7, 11) is 0. The first kappa shape index (κ1) is 21.2. The van der Waals surface area contributed by atoms with E-state index in [0.29, 0.717) is 31.1 Å². The summed E-state index contributed by atoms with van der Waals surface area (Å²) < 4.78 is 42.8. The van der Waals surface area contributed by atoms with Crippen LogP contribution in [0.15, 0.2) is 60.8 Å². The Morgan fingerprint density at radius 2 is 1.55 bits per heavy atom. The highest BCUT2D eigenvalue weighted by molar-refractivity contribution is 5.20. The highest BCUT2D eigenvalue weighted by Gasteiger charge is 2.20. The molecule has 0 fully saturated rings. The van der Waals surface area contributed by atoms with E-state index in [1.54, 1.807) is 12.1 Å². The van der Waals surface area contributed by atoms with Gasteiger partial charge in [-0.3, -0.25) is 4.90 Å². The lowest BCUT2D eigenvalue weighted by Gasteiger charge is -2.32. The molecule has 0 bridgehead atoms. The fourth-order valence-corrected chi connectivity index (χ4v) is 3.38. The summed E-state index contributed by atoms with van der Waals surface area (Å²) in [5, 5.41) is 0. The van der Waals surface area contributed by atoms with Crippen LogP contribution in [-0.4, -0.2) is 15.5 Å². The van der Waals surface area contributed by atoms with Crippen molar-refractivity contribution in [1.82, 2.24) is 9.47 Å². The molecule has 0 amide bonds. The number of nitrogens with zero attached hydrogens (tertiary/aromatic N) is 2. The molecule has 2 nitrogen and oxygen atoms in total. The molecule has 0 aliphatic rings. The molecule has 29 heavy (non-hydrogen) atoms. The zero-order chi connectivity index (χ0) is 21.0. The Morgan fingerprint density at radius 3 is 2.21 bits per heavy atom. The van der Waals surface area contributed by atoms with Gasteiger partial charge in [-0.2, -0.15) is 0 Å². The highest BCUT2D eigenvalue weighted by atomic mass is 19.1. The highest BCUT2D eigenvalue weighted by Crippen LogP contribution is 2.21. The van der Waals surface area contributed by atoms with Crippen LogP contribution in [0.4, 0.5) is 13.2 Å². The van der Waals surface area contributed by atoms with Crippen LogP contribution in [0.1, 0.15) is 37.6 Å². The summed E-state index contributed by atoms with van der Waals surface area (Å²) in [5.41, 5.74) is 2.58. The first-order valence-electron chi connectivity index (χ1n) is 9.90. The number of hydrogen-bond acceptors (Lipinski definition) is 1. The molecule has 0 spiro atoms. The van der Waals surface area contributed by atoms with Crippen molar-refractivity contribution in [2.45, 2.75) is 46.4 Å². The Morgan fingerprint density at radius 1 is 0.862 bits per heavy atom. The minimum absolute atomic E-state index is 0.202. The molecule has 1 unspecified atom stereocenters. The van der Waals surface area contributed by atoms with Gasteiger partial charge in [0.25, 0.3) is 0 Å². The third kappa shape index (κ3) is 5.51. The summed E-state index contributed by atoms with van der Waals surface area (Å²) in [5.74, 6) is -0.964. The summed E-state index contributed by atoms with van der Waals surface area (Å²) in [4.78, 5) is 2.21. The predicted molar refractivity (Wildman–Crippen MR) is 110 cm³/mol. The Balaban J connectivity index is 1.81. The minimum Gasteiger partial charge on any atom is -0.346 e. The van der Waals surface area contributed by atoms with Crippen molar-refractivity contribution in [3.05, 3.63) is 95.1 Å². The maximum atomic E-state index is 14.3.